The van der Waals surface area contributed by atoms with Crippen LogP contribution in [0, 0.1) is 0 Å². The van der Waals surface area contributed by atoms with Crippen molar-refractivity contribution in [3.8, 4) is 0 Å². The van der Waals surface area contributed by atoms with E-state index in [2.05, 4.69) is 19.2 Å². The molecule has 0 aromatic rings. The van der Waals surface area contributed by atoms with Gasteiger partial charge in [0.1, 0.15) is 0 Å². The second kappa shape index (κ2) is 9.00. The van der Waals surface area contributed by atoms with Gasteiger partial charge in [-0.25, -0.2) is 0 Å². The van der Waals surface area contributed by atoms with Crippen LogP contribution in [0.3, 0.4) is 0 Å². The number of ether oxygens (including phenoxy) is 1. The van der Waals surface area contributed by atoms with Crippen molar-refractivity contribution < 1.29 is 4.74 Å². The summed E-state index contributed by atoms with van der Waals surface area (Å²) in [5.41, 5.74) is 0. The molecule has 0 bridgehead atoms. The summed E-state index contributed by atoms with van der Waals surface area (Å²) in [6.07, 6.45) is 11.1. The summed E-state index contributed by atoms with van der Waals surface area (Å²) in [6, 6.07) is 0.770. The van der Waals surface area contributed by atoms with Crippen LogP contribution >= 0.6 is 0 Å². The van der Waals surface area contributed by atoms with Crippen molar-refractivity contribution in [2.75, 3.05) is 13.2 Å². The highest BCUT2D eigenvalue weighted by molar-refractivity contribution is 4.74. The fraction of sp³-hybridized carbons (Fsp3) is 1.00. The monoisotopic (exact) mass is 227 g/mol. The third kappa shape index (κ3) is 6.49. The molecule has 0 aliphatic heterocycles. The average molecular weight is 227 g/mol. The van der Waals surface area contributed by atoms with E-state index in [0.717, 1.165) is 19.2 Å². The minimum Gasteiger partial charge on any atom is -0.377 e. The van der Waals surface area contributed by atoms with Crippen LogP contribution in [0.1, 0.15) is 65.2 Å². The van der Waals surface area contributed by atoms with Gasteiger partial charge in [0.15, 0.2) is 0 Å². The number of hydrogen-bond donors (Lipinski definition) is 1. The van der Waals surface area contributed by atoms with Gasteiger partial charge in [0, 0.05) is 19.2 Å². The molecular weight excluding hydrogens is 198 g/mol. The Hall–Kier alpha value is -0.0800. The molecule has 0 radical (unpaired) electrons. The Morgan fingerprint density at radius 2 is 1.94 bits per heavy atom. The van der Waals surface area contributed by atoms with Gasteiger partial charge in [-0.2, -0.15) is 0 Å². The minimum absolute atomic E-state index is 0.377. The zero-order valence-electron chi connectivity index (χ0n) is 11.1. The first kappa shape index (κ1) is 14.0. The van der Waals surface area contributed by atoms with Gasteiger partial charge in [0.05, 0.1) is 6.10 Å². The molecule has 1 rings (SSSR count). The van der Waals surface area contributed by atoms with E-state index in [1.54, 1.807) is 0 Å². The molecule has 16 heavy (non-hydrogen) atoms. The molecule has 0 amide bonds. The molecule has 0 heterocycles. The first-order chi connectivity index (χ1) is 7.83. The van der Waals surface area contributed by atoms with E-state index in [-0.39, 0.29) is 0 Å². The Morgan fingerprint density at radius 1 is 1.19 bits per heavy atom. The summed E-state index contributed by atoms with van der Waals surface area (Å²) in [5, 5.41) is 3.61. The van der Waals surface area contributed by atoms with Crippen LogP contribution in [-0.2, 0) is 4.74 Å². The van der Waals surface area contributed by atoms with Crippen LogP contribution < -0.4 is 5.32 Å². The highest BCUT2D eigenvalue weighted by atomic mass is 16.5. The molecule has 0 spiro atoms. The Balaban J connectivity index is 1.87. The molecule has 0 saturated heterocycles. The topological polar surface area (TPSA) is 21.3 Å². The average Bonchev–Trinajstić information content (AvgIpc) is 2.79. The van der Waals surface area contributed by atoms with Crippen molar-refractivity contribution in [3.63, 3.8) is 0 Å². The molecule has 1 aliphatic rings. The van der Waals surface area contributed by atoms with Gasteiger partial charge in [0.2, 0.25) is 0 Å². The lowest BCUT2D eigenvalue weighted by Gasteiger charge is -2.17. The lowest BCUT2D eigenvalue weighted by Crippen LogP contribution is -2.33. The van der Waals surface area contributed by atoms with Crippen molar-refractivity contribution in [2.24, 2.45) is 0 Å². The van der Waals surface area contributed by atoms with E-state index in [9.17, 15) is 0 Å². The van der Waals surface area contributed by atoms with E-state index in [4.69, 9.17) is 4.74 Å². The largest absolute Gasteiger partial charge is 0.377 e. The van der Waals surface area contributed by atoms with Crippen molar-refractivity contribution in [2.45, 2.75) is 77.4 Å². The van der Waals surface area contributed by atoms with Crippen LogP contribution in [0.25, 0.3) is 0 Å². The fourth-order valence-corrected chi connectivity index (χ4v) is 2.33. The zero-order valence-corrected chi connectivity index (χ0v) is 11.1. The maximum absolute atomic E-state index is 5.79. The van der Waals surface area contributed by atoms with Crippen molar-refractivity contribution in [1.82, 2.24) is 5.32 Å². The SMILES string of the molecule is CCCCCCOC(C)CNC1CCCC1. The molecule has 1 saturated carbocycles. The summed E-state index contributed by atoms with van der Waals surface area (Å²) in [6.45, 7) is 6.39. The Kier molecular flexibility index (Phi) is 7.87. The number of unbranched alkanes of at least 4 members (excludes halogenated alkanes) is 3. The number of nitrogens with one attached hydrogen (secondary N) is 1. The van der Waals surface area contributed by atoms with Crippen LogP contribution in [0.5, 0.6) is 0 Å². The van der Waals surface area contributed by atoms with Crippen molar-refractivity contribution >= 4 is 0 Å². The smallest absolute Gasteiger partial charge is 0.0671 e. The molecule has 1 atom stereocenters. The van der Waals surface area contributed by atoms with Gasteiger partial charge in [0.25, 0.3) is 0 Å². The summed E-state index contributed by atoms with van der Waals surface area (Å²) in [7, 11) is 0. The van der Waals surface area contributed by atoms with Crippen LogP contribution in [-0.4, -0.2) is 25.3 Å². The quantitative estimate of drug-likeness (QED) is 0.609. The van der Waals surface area contributed by atoms with Gasteiger partial charge >= 0.3 is 0 Å². The van der Waals surface area contributed by atoms with E-state index in [0.29, 0.717) is 6.10 Å². The van der Waals surface area contributed by atoms with Crippen molar-refractivity contribution in [1.29, 1.82) is 0 Å². The molecule has 1 N–H and O–H groups in total. The normalized spacial score (nSPS) is 19.1. The Morgan fingerprint density at radius 3 is 2.62 bits per heavy atom. The molecule has 1 fully saturated rings. The van der Waals surface area contributed by atoms with E-state index in [1.165, 1.54) is 51.4 Å². The number of hydrogen-bond acceptors (Lipinski definition) is 2. The molecule has 2 heteroatoms. The first-order valence-corrected chi connectivity index (χ1v) is 7.18. The second-order valence-electron chi connectivity index (χ2n) is 5.13. The van der Waals surface area contributed by atoms with Gasteiger partial charge < -0.3 is 10.1 Å². The van der Waals surface area contributed by atoms with E-state index >= 15 is 0 Å². The summed E-state index contributed by atoms with van der Waals surface area (Å²) in [5.74, 6) is 0. The standard InChI is InChI=1S/C14H29NO/c1-3-4-5-8-11-16-13(2)12-15-14-9-6-7-10-14/h13-15H,3-12H2,1-2H3. The third-order valence-corrected chi connectivity index (χ3v) is 3.45. The van der Waals surface area contributed by atoms with Crippen LogP contribution in [0.2, 0.25) is 0 Å². The fourth-order valence-electron chi connectivity index (χ4n) is 2.33. The summed E-state index contributed by atoms with van der Waals surface area (Å²) < 4.78 is 5.79. The highest BCUT2D eigenvalue weighted by Crippen LogP contribution is 2.17. The molecule has 0 aromatic heterocycles. The maximum Gasteiger partial charge on any atom is 0.0671 e. The lowest BCUT2D eigenvalue weighted by atomic mass is 10.2. The molecule has 1 unspecified atom stereocenters. The van der Waals surface area contributed by atoms with Gasteiger partial charge in [-0.1, -0.05) is 39.0 Å². The number of rotatable bonds is 9. The Labute approximate surface area is 101 Å². The Bertz CT molecular complexity index is 155. The van der Waals surface area contributed by atoms with E-state index < -0.39 is 0 Å². The second-order valence-corrected chi connectivity index (χ2v) is 5.13. The molecule has 96 valence electrons. The highest BCUT2D eigenvalue weighted by Gasteiger charge is 2.14. The third-order valence-electron chi connectivity index (χ3n) is 3.45. The molecular formula is C14H29NO. The summed E-state index contributed by atoms with van der Waals surface area (Å²) >= 11 is 0. The minimum atomic E-state index is 0.377. The van der Waals surface area contributed by atoms with Crippen LogP contribution in [0.4, 0.5) is 0 Å². The maximum atomic E-state index is 5.79. The van der Waals surface area contributed by atoms with Gasteiger partial charge in [-0.3, -0.25) is 0 Å². The first-order valence-electron chi connectivity index (χ1n) is 7.18. The van der Waals surface area contributed by atoms with Gasteiger partial charge in [-0.15, -0.1) is 0 Å². The lowest BCUT2D eigenvalue weighted by molar-refractivity contribution is 0.0612. The predicted octanol–water partition coefficient (Wildman–Crippen LogP) is 3.50. The van der Waals surface area contributed by atoms with Crippen LogP contribution in [0.15, 0.2) is 0 Å². The predicted molar refractivity (Wildman–Crippen MR) is 69.8 cm³/mol. The molecule has 0 aromatic carbocycles. The molecule has 1 aliphatic carbocycles. The van der Waals surface area contributed by atoms with Gasteiger partial charge in [-0.05, 0) is 26.2 Å². The zero-order chi connectivity index (χ0) is 11.6. The van der Waals surface area contributed by atoms with Crippen molar-refractivity contribution in [3.05, 3.63) is 0 Å². The summed E-state index contributed by atoms with van der Waals surface area (Å²) in [4.78, 5) is 0. The molecule has 2 nitrogen and oxygen atoms in total. The van der Waals surface area contributed by atoms with E-state index in [1.807, 2.05) is 0 Å².